The predicted molar refractivity (Wildman–Crippen MR) is 65.3 cm³/mol. The Morgan fingerprint density at radius 3 is 2.86 bits per heavy atom. The van der Waals surface area contributed by atoms with Gasteiger partial charge >= 0.3 is 0 Å². The first-order valence-electron chi connectivity index (χ1n) is 5.47. The molecule has 1 saturated heterocycles. The first-order chi connectivity index (χ1) is 6.92. The summed E-state index contributed by atoms with van der Waals surface area (Å²) in [5.41, 5.74) is 1.48. The molecule has 14 heavy (non-hydrogen) atoms. The van der Waals surface area contributed by atoms with E-state index in [-0.39, 0.29) is 0 Å². The van der Waals surface area contributed by atoms with E-state index in [9.17, 15) is 0 Å². The molecular formula is C11H18OSSi. The van der Waals surface area contributed by atoms with Crippen molar-refractivity contribution in [2.45, 2.75) is 38.0 Å². The van der Waals surface area contributed by atoms with Crippen molar-refractivity contribution in [2.75, 3.05) is 7.11 Å². The first-order valence-corrected chi connectivity index (χ1v) is 8.56. The molecule has 0 aromatic carbocycles. The van der Waals surface area contributed by atoms with Crippen molar-refractivity contribution < 1.29 is 4.74 Å². The maximum Gasteiger partial charge on any atom is 0.0841 e. The van der Waals surface area contributed by atoms with Crippen LogP contribution in [0.1, 0.15) is 24.8 Å². The lowest BCUT2D eigenvalue weighted by Gasteiger charge is -2.20. The van der Waals surface area contributed by atoms with Crippen molar-refractivity contribution >= 4 is 24.6 Å². The largest absolute Gasteiger partial charge is 0.380 e. The third-order valence-corrected chi connectivity index (χ3v) is 8.58. The Bertz CT molecular complexity index is 279. The molecule has 1 aromatic heterocycles. The molecule has 2 rings (SSSR count). The van der Waals surface area contributed by atoms with Crippen molar-refractivity contribution in [1.82, 2.24) is 0 Å². The van der Waals surface area contributed by atoms with E-state index >= 15 is 0 Å². The van der Waals surface area contributed by atoms with Gasteiger partial charge in [0, 0.05) is 7.11 Å². The Labute approximate surface area is 91.7 Å². The van der Waals surface area contributed by atoms with Crippen LogP contribution in [0.3, 0.4) is 0 Å². The van der Waals surface area contributed by atoms with Crippen molar-refractivity contribution in [3.63, 3.8) is 0 Å². The van der Waals surface area contributed by atoms with Crippen LogP contribution in [-0.2, 0) is 11.3 Å². The SMILES string of the molecule is COCc1ccsc1[SiH]1CCCCC1. The number of hydrogen-bond acceptors (Lipinski definition) is 2. The lowest BCUT2D eigenvalue weighted by atomic mass is 10.3. The molecular weight excluding hydrogens is 208 g/mol. The summed E-state index contributed by atoms with van der Waals surface area (Å²) in [7, 11) is 1.23. The normalized spacial score (nSPS) is 18.6. The smallest absolute Gasteiger partial charge is 0.0841 e. The minimum Gasteiger partial charge on any atom is -0.380 e. The fraction of sp³-hybridized carbons (Fsp3) is 0.636. The molecule has 1 aliphatic rings. The highest BCUT2D eigenvalue weighted by Crippen LogP contribution is 2.21. The quantitative estimate of drug-likeness (QED) is 0.720. The van der Waals surface area contributed by atoms with Gasteiger partial charge in [-0.2, -0.15) is 11.3 Å². The van der Waals surface area contributed by atoms with Gasteiger partial charge in [0.05, 0.1) is 15.4 Å². The highest BCUT2D eigenvalue weighted by atomic mass is 32.1. The minimum atomic E-state index is -0.568. The van der Waals surface area contributed by atoms with Crippen LogP contribution in [0.25, 0.3) is 0 Å². The van der Waals surface area contributed by atoms with Crippen LogP contribution < -0.4 is 4.50 Å². The van der Waals surface area contributed by atoms with Crippen LogP contribution in [0, 0.1) is 0 Å². The lowest BCUT2D eigenvalue weighted by molar-refractivity contribution is 0.186. The Hall–Kier alpha value is -0.123. The monoisotopic (exact) mass is 226 g/mol. The van der Waals surface area contributed by atoms with Gasteiger partial charge in [0.2, 0.25) is 0 Å². The average Bonchev–Trinajstić information content (AvgIpc) is 2.68. The lowest BCUT2D eigenvalue weighted by Crippen LogP contribution is -2.31. The Kier molecular flexibility index (Phi) is 3.79. The third kappa shape index (κ3) is 2.27. The molecule has 2 heterocycles. The van der Waals surface area contributed by atoms with E-state index in [1.165, 1.54) is 36.9 Å². The van der Waals surface area contributed by atoms with E-state index in [0.717, 1.165) is 6.61 Å². The number of methoxy groups -OCH3 is 1. The molecule has 0 aliphatic carbocycles. The third-order valence-electron chi connectivity index (χ3n) is 3.06. The highest BCUT2D eigenvalue weighted by molar-refractivity contribution is 7.22. The topological polar surface area (TPSA) is 9.23 Å². The van der Waals surface area contributed by atoms with Gasteiger partial charge in [0.25, 0.3) is 0 Å². The van der Waals surface area contributed by atoms with Gasteiger partial charge in [-0.25, -0.2) is 0 Å². The zero-order valence-corrected chi connectivity index (χ0v) is 10.8. The van der Waals surface area contributed by atoms with Gasteiger partial charge in [-0.05, 0) is 21.5 Å². The van der Waals surface area contributed by atoms with Crippen LogP contribution in [0.15, 0.2) is 11.4 Å². The summed E-state index contributed by atoms with van der Waals surface area (Å²) in [6.07, 6.45) is 4.41. The maximum absolute atomic E-state index is 5.25. The van der Waals surface area contributed by atoms with E-state index in [2.05, 4.69) is 11.4 Å². The van der Waals surface area contributed by atoms with E-state index in [1.807, 2.05) is 11.3 Å². The zero-order chi connectivity index (χ0) is 9.80. The fourth-order valence-corrected chi connectivity index (χ4v) is 7.80. The molecule has 0 atom stereocenters. The molecule has 0 radical (unpaired) electrons. The molecule has 1 nitrogen and oxygen atoms in total. The molecule has 3 heteroatoms. The van der Waals surface area contributed by atoms with Crippen molar-refractivity contribution in [3.05, 3.63) is 17.0 Å². The minimum absolute atomic E-state index is 0.568. The number of hydrogen-bond donors (Lipinski definition) is 0. The summed E-state index contributed by atoms with van der Waals surface area (Å²) >= 11 is 1.98. The summed E-state index contributed by atoms with van der Waals surface area (Å²) in [5.74, 6) is 0. The van der Waals surface area contributed by atoms with Gasteiger partial charge in [0.1, 0.15) is 0 Å². The van der Waals surface area contributed by atoms with Crippen molar-refractivity contribution in [3.8, 4) is 0 Å². The molecule has 0 saturated carbocycles. The second-order valence-corrected chi connectivity index (χ2v) is 8.57. The second-order valence-electron chi connectivity index (χ2n) is 4.08. The van der Waals surface area contributed by atoms with Crippen LogP contribution >= 0.6 is 11.3 Å². The van der Waals surface area contributed by atoms with Gasteiger partial charge in [-0.3, -0.25) is 0 Å². The average molecular weight is 226 g/mol. The van der Waals surface area contributed by atoms with Gasteiger partial charge < -0.3 is 4.74 Å². The summed E-state index contributed by atoms with van der Waals surface area (Å²) in [4.78, 5) is 0. The molecule has 0 N–H and O–H groups in total. The van der Waals surface area contributed by atoms with Crippen LogP contribution in [-0.4, -0.2) is 15.9 Å². The summed E-state index contributed by atoms with van der Waals surface area (Å²) in [6.45, 7) is 0.822. The van der Waals surface area contributed by atoms with Gasteiger partial charge in [-0.15, -0.1) is 0 Å². The van der Waals surface area contributed by atoms with E-state index in [4.69, 9.17) is 4.74 Å². The summed E-state index contributed by atoms with van der Waals surface area (Å²) in [6, 6.07) is 5.31. The standard InChI is InChI=1S/C11H18OSSi/c1-12-9-10-5-6-13-11(10)14-7-3-2-4-8-14/h5-6,14H,2-4,7-9H2,1H3. The predicted octanol–water partition coefficient (Wildman–Crippen LogP) is 2.51. The molecule has 1 aromatic rings. The molecule has 78 valence electrons. The van der Waals surface area contributed by atoms with Crippen LogP contribution in [0.5, 0.6) is 0 Å². The van der Waals surface area contributed by atoms with Gasteiger partial charge in [-0.1, -0.05) is 31.4 Å². The van der Waals surface area contributed by atoms with Gasteiger partial charge in [0.15, 0.2) is 0 Å². The fourth-order valence-electron chi connectivity index (χ4n) is 2.35. The summed E-state index contributed by atoms with van der Waals surface area (Å²) < 4.78 is 6.97. The van der Waals surface area contributed by atoms with Crippen LogP contribution in [0.2, 0.25) is 12.1 Å². The van der Waals surface area contributed by atoms with Crippen molar-refractivity contribution in [2.24, 2.45) is 0 Å². The molecule has 0 bridgehead atoms. The highest BCUT2D eigenvalue weighted by Gasteiger charge is 2.20. The molecule has 1 fully saturated rings. The number of ether oxygens (including phenoxy) is 1. The first kappa shape index (κ1) is 10.4. The zero-order valence-electron chi connectivity index (χ0n) is 8.79. The van der Waals surface area contributed by atoms with E-state index in [1.54, 1.807) is 11.6 Å². The molecule has 0 amide bonds. The Morgan fingerprint density at radius 1 is 1.36 bits per heavy atom. The van der Waals surface area contributed by atoms with E-state index < -0.39 is 8.80 Å². The second kappa shape index (κ2) is 5.10. The number of thiophene rings is 1. The Balaban J connectivity index is 2.09. The van der Waals surface area contributed by atoms with E-state index in [0.29, 0.717) is 0 Å². The Morgan fingerprint density at radius 2 is 2.14 bits per heavy atom. The summed E-state index contributed by atoms with van der Waals surface area (Å²) in [5, 5.41) is 2.24. The van der Waals surface area contributed by atoms with Crippen molar-refractivity contribution in [1.29, 1.82) is 0 Å². The maximum atomic E-state index is 5.25. The number of rotatable bonds is 3. The molecule has 0 unspecified atom stereocenters. The molecule has 0 spiro atoms. The van der Waals surface area contributed by atoms with Crippen LogP contribution in [0.4, 0.5) is 0 Å². The molecule has 1 aliphatic heterocycles.